The Bertz CT molecular complexity index is 363. The number of hydrogen-bond donors (Lipinski definition) is 1. The van der Waals surface area contributed by atoms with Crippen molar-refractivity contribution in [2.45, 2.75) is 6.42 Å². The molecule has 2 amide bonds. The van der Waals surface area contributed by atoms with Gasteiger partial charge in [-0.25, -0.2) is 4.98 Å². The Labute approximate surface area is 91.1 Å². The third-order valence-electron chi connectivity index (χ3n) is 2.20. The lowest BCUT2D eigenvalue weighted by molar-refractivity contribution is -0.140. The van der Waals surface area contributed by atoms with Gasteiger partial charge in [0.25, 0.3) is 0 Å². The number of carbonyl (C=O) groups excluding carboxylic acids is 2. The minimum absolute atomic E-state index is 0.0221. The molecular formula is C9H11N3O2S. The molecule has 1 fully saturated rings. The van der Waals surface area contributed by atoms with E-state index in [1.807, 2.05) is 5.38 Å². The highest BCUT2D eigenvalue weighted by Gasteiger charge is 2.22. The summed E-state index contributed by atoms with van der Waals surface area (Å²) >= 11 is 1.56. The van der Waals surface area contributed by atoms with Gasteiger partial charge in [0, 0.05) is 24.5 Å². The van der Waals surface area contributed by atoms with E-state index in [2.05, 4.69) is 10.3 Å². The van der Waals surface area contributed by atoms with Gasteiger partial charge >= 0.3 is 0 Å². The second kappa shape index (κ2) is 4.39. The van der Waals surface area contributed by atoms with Crippen LogP contribution < -0.4 is 5.32 Å². The summed E-state index contributed by atoms with van der Waals surface area (Å²) in [4.78, 5) is 28.2. The van der Waals surface area contributed by atoms with Gasteiger partial charge in [0.05, 0.1) is 18.1 Å². The topological polar surface area (TPSA) is 62.3 Å². The molecule has 0 aliphatic carbocycles. The van der Waals surface area contributed by atoms with Crippen LogP contribution in [0.2, 0.25) is 0 Å². The van der Waals surface area contributed by atoms with Gasteiger partial charge < -0.3 is 10.2 Å². The number of hydrogen-bond acceptors (Lipinski definition) is 4. The molecule has 1 aromatic rings. The fourth-order valence-corrected chi connectivity index (χ4v) is 2.02. The molecule has 80 valence electrons. The maximum Gasteiger partial charge on any atom is 0.242 e. The molecule has 0 unspecified atom stereocenters. The number of amides is 2. The molecule has 1 aliphatic rings. The summed E-state index contributed by atoms with van der Waals surface area (Å²) in [6.07, 6.45) is 2.46. The molecule has 0 bridgehead atoms. The second-order valence-corrected chi connectivity index (χ2v) is 4.25. The highest BCUT2D eigenvalue weighted by molar-refractivity contribution is 7.09. The summed E-state index contributed by atoms with van der Waals surface area (Å²) in [6, 6.07) is 0. The van der Waals surface area contributed by atoms with Gasteiger partial charge in [-0.1, -0.05) is 0 Å². The number of nitrogens with one attached hydrogen (secondary N) is 1. The van der Waals surface area contributed by atoms with Crippen LogP contribution in [0.1, 0.15) is 5.01 Å². The van der Waals surface area contributed by atoms with Crippen molar-refractivity contribution in [3.63, 3.8) is 0 Å². The Morgan fingerprint density at radius 3 is 3.13 bits per heavy atom. The van der Waals surface area contributed by atoms with Gasteiger partial charge in [-0.05, 0) is 0 Å². The number of nitrogens with zero attached hydrogens (tertiary/aromatic N) is 2. The lowest BCUT2D eigenvalue weighted by Gasteiger charge is -2.26. The predicted octanol–water partition coefficient (Wildman–Crippen LogP) is -0.356. The van der Waals surface area contributed by atoms with Crippen LogP contribution in [0, 0.1) is 0 Å². The van der Waals surface area contributed by atoms with Crippen LogP contribution in [0.25, 0.3) is 0 Å². The zero-order valence-electron chi connectivity index (χ0n) is 8.10. The first-order valence-electron chi connectivity index (χ1n) is 4.68. The van der Waals surface area contributed by atoms with E-state index in [0.717, 1.165) is 11.4 Å². The SMILES string of the molecule is O=C1CN(CCc2nccs2)C(=O)CN1. The summed E-state index contributed by atoms with van der Waals surface area (Å²) in [5.74, 6) is -0.111. The first-order chi connectivity index (χ1) is 7.25. The molecule has 0 aromatic carbocycles. The fraction of sp³-hybridized carbons (Fsp3) is 0.444. The van der Waals surface area contributed by atoms with E-state index in [0.29, 0.717) is 6.54 Å². The van der Waals surface area contributed by atoms with Crippen molar-refractivity contribution in [3.8, 4) is 0 Å². The fourth-order valence-electron chi connectivity index (χ4n) is 1.41. The highest BCUT2D eigenvalue weighted by atomic mass is 32.1. The van der Waals surface area contributed by atoms with E-state index in [9.17, 15) is 9.59 Å². The normalized spacial score (nSPS) is 16.7. The van der Waals surface area contributed by atoms with Crippen molar-refractivity contribution >= 4 is 23.2 Å². The quantitative estimate of drug-likeness (QED) is 0.764. The molecule has 1 N–H and O–H groups in total. The number of piperazine rings is 1. The molecule has 5 nitrogen and oxygen atoms in total. The second-order valence-electron chi connectivity index (χ2n) is 3.27. The molecule has 0 atom stereocenters. The van der Waals surface area contributed by atoms with Crippen LogP contribution in [0.15, 0.2) is 11.6 Å². The monoisotopic (exact) mass is 225 g/mol. The van der Waals surface area contributed by atoms with Crippen LogP contribution in [0.5, 0.6) is 0 Å². The van der Waals surface area contributed by atoms with Gasteiger partial charge in [-0.2, -0.15) is 0 Å². The van der Waals surface area contributed by atoms with Gasteiger partial charge in [-0.15, -0.1) is 11.3 Å². The highest BCUT2D eigenvalue weighted by Crippen LogP contribution is 2.06. The van der Waals surface area contributed by atoms with E-state index in [4.69, 9.17) is 0 Å². The summed E-state index contributed by atoms with van der Waals surface area (Å²) in [6.45, 7) is 0.862. The third-order valence-corrected chi connectivity index (χ3v) is 3.04. The molecule has 0 radical (unpaired) electrons. The molecule has 1 aromatic heterocycles. The van der Waals surface area contributed by atoms with Crippen LogP contribution in [-0.4, -0.2) is 41.3 Å². The summed E-state index contributed by atoms with van der Waals surface area (Å²) in [5, 5.41) is 5.41. The Morgan fingerprint density at radius 1 is 1.53 bits per heavy atom. The van der Waals surface area contributed by atoms with Crippen molar-refractivity contribution in [2.75, 3.05) is 19.6 Å². The molecule has 0 saturated carbocycles. The smallest absolute Gasteiger partial charge is 0.242 e. The molecule has 15 heavy (non-hydrogen) atoms. The van der Waals surface area contributed by atoms with Gasteiger partial charge in [0.1, 0.15) is 0 Å². The molecule has 2 heterocycles. The van der Waals surface area contributed by atoms with Crippen LogP contribution in [-0.2, 0) is 16.0 Å². The van der Waals surface area contributed by atoms with E-state index in [-0.39, 0.29) is 24.9 Å². The van der Waals surface area contributed by atoms with Crippen molar-refractivity contribution in [1.82, 2.24) is 15.2 Å². The third kappa shape index (κ3) is 2.53. The van der Waals surface area contributed by atoms with Crippen molar-refractivity contribution in [2.24, 2.45) is 0 Å². The molecule has 2 rings (SSSR count). The standard InChI is InChI=1S/C9H11N3O2S/c13-7-6-12(9(14)5-11-7)3-1-8-10-2-4-15-8/h2,4H,1,3,5-6H2,(H,11,13). The van der Waals surface area contributed by atoms with Gasteiger partial charge in [0.2, 0.25) is 11.8 Å². The minimum Gasteiger partial charge on any atom is -0.345 e. The van der Waals surface area contributed by atoms with Crippen molar-refractivity contribution < 1.29 is 9.59 Å². The first kappa shape index (κ1) is 10.1. The van der Waals surface area contributed by atoms with Gasteiger partial charge in [-0.3, -0.25) is 9.59 Å². The van der Waals surface area contributed by atoms with Crippen LogP contribution in [0.4, 0.5) is 0 Å². The molecule has 1 aliphatic heterocycles. The number of aromatic nitrogens is 1. The van der Waals surface area contributed by atoms with E-state index < -0.39 is 0 Å². The summed E-state index contributed by atoms with van der Waals surface area (Å²) in [5.41, 5.74) is 0. The Kier molecular flexibility index (Phi) is 2.96. The van der Waals surface area contributed by atoms with Gasteiger partial charge in [0.15, 0.2) is 0 Å². The zero-order valence-corrected chi connectivity index (χ0v) is 8.92. The number of thiazole rings is 1. The largest absolute Gasteiger partial charge is 0.345 e. The first-order valence-corrected chi connectivity index (χ1v) is 5.56. The Hall–Kier alpha value is -1.43. The number of carbonyl (C=O) groups is 2. The number of rotatable bonds is 3. The maximum absolute atomic E-state index is 11.4. The minimum atomic E-state index is -0.0891. The lowest BCUT2D eigenvalue weighted by Crippen LogP contribution is -2.51. The Balaban J connectivity index is 1.88. The lowest BCUT2D eigenvalue weighted by atomic mass is 10.3. The molecular weight excluding hydrogens is 214 g/mol. The summed E-state index contributed by atoms with van der Waals surface area (Å²) in [7, 11) is 0. The average molecular weight is 225 g/mol. The van der Waals surface area contributed by atoms with Crippen molar-refractivity contribution in [1.29, 1.82) is 0 Å². The van der Waals surface area contributed by atoms with E-state index in [1.165, 1.54) is 0 Å². The van der Waals surface area contributed by atoms with E-state index >= 15 is 0 Å². The molecule has 0 spiro atoms. The van der Waals surface area contributed by atoms with Crippen LogP contribution >= 0.6 is 11.3 Å². The average Bonchev–Trinajstić information content (AvgIpc) is 2.72. The maximum atomic E-state index is 11.4. The summed E-state index contributed by atoms with van der Waals surface area (Å²) < 4.78 is 0. The zero-order chi connectivity index (χ0) is 10.7. The Morgan fingerprint density at radius 2 is 2.40 bits per heavy atom. The predicted molar refractivity (Wildman–Crippen MR) is 55.4 cm³/mol. The molecule has 6 heteroatoms. The van der Waals surface area contributed by atoms with Crippen molar-refractivity contribution in [3.05, 3.63) is 16.6 Å². The van der Waals surface area contributed by atoms with Crippen LogP contribution in [0.3, 0.4) is 0 Å². The molecule has 1 saturated heterocycles. The van der Waals surface area contributed by atoms with E-state index in [1.54, 1.807) is 22.4 Å².